The Bertz CT molecular complexity index is 678. The number of rotatable bonds is 4. The molecular weight excluding hydrogens is 276 g/mol. The van der Waals surface area contributed by atoms with E-state index in [0.717, 1.165) is 11.4 Å². The molecule has 22 heavy (non-hydrogen) atoms. The van der Waals surface area contributed by atoms with Crippen molar-refractivity contribution >= 4 is 17.6 Å². The molecule has 0 spiro atoms. The Kier molecular flexibility index (Phi) is 4.93. The third-order valence-electron chi connectivity index (χ3n) is 3.29. The standard InChI is InChI=1S/C16H22N6/c1-11-5-6-13(9-12(11)2)20-15(17)19-10-14-7-8-18-16(21-14)22(3)4/h5-9H,10H2,1-4H3,(H3,17,19,20). The number of nitrogens with zero attached hydrogens (tertiary/aromatic N) is 4. The van der Waals surface area contributed by atoms with Gasteiger partial charge in [-0.2, -0.15) is 0 Å². The van der Waals surface area contributed by atoms with Gasteiger partial charge in [0.15, 0.2) is 5.96 Å². The van der Waals surface area contributed by atoms with Crippen molar-refractivity contribution in [3.05, 3.63) is 47.3 Å². The van der Waals surface area contributed by atoms with Gasteiger partial charge in [-0.1, -0.05) is 6.07 Å². The molecule has 1 heterocycles. The summed E-state index contributed by atoms with van der Waals surface area (Å²) < 4.78 is 0. The summed E-state index contributed by atoms with van der Waals surface area (Å²) in [6, 6.07) is 7.92. The SMILES string of the molecule is Cc1ccc(NC(N)=NCc2ccnc(N(C)C)n2)cc1C. The van der Waals surface area contributed by atoms with Crippen molar-refractivity contribution in [1.29, 1.82) is 0 Å². The van der Waals surface area contributed by atoms with E-state index in [1.807, 2.05) is 37.2 Å². The summed E-state index contributed by atoms with van der Waals surface area (Å²) in [7, 11) is 3.80. The van der Waals surface area contributed by atoms with Crippen molar-refractivity contribution in [2.24, 2.45) is 10.7 Å². The van der Waals surface area contributed by atoms with Crippen molar-refractivity contribution in [3.8, 4) is 0 Å². The predicted octanol–water partition coefficient (Wildman–Crippen LogP) is 2.09. The van der Waals surface area contributed by atoms with E-state index in [-0.39, 0.29) is 0 Å². The molecule has 6 nitrogen and oxygen atoms in total. The van der Waals surface area contributed by atoms with Gasteiger partial charge in [0.05, 0.1) is 12.2 Å². The summed E-state index contributed by atoms with van der Waals surface area (Å²) in [5, 5.41) is 3.09. The number of guanidine groups is 1. The van der Waals surface area contributed by atoms with E-state index >= 15 is 0 Å². The van der Waals surface area contributed by atoms with Crippen molar-refractivity contribution in [2.75, 3.05) is 24.3 Å². The number of nitrogens with two attached hydrogens (primary N) is 1. The van der Waals surface area contributed by atoms with Crippen molar-refractivity contribution in [3.63, 3.8) is 0 Å². The number of hydrogen-bond acceptors (Lipinski definition) is 4. The number of aryl methyl sites for hydroxylation is 2. The van der Waals surface area contributed by atoms with Crippen LogP contribution in [0.4, 0.5) is 11.6 Å². The van der Waals surface area contributed by atoms with Crippen LogP contribution in [-0.4, -0.2) is 30.0 Å². The van der Waals surface area contributed by atoms with Gasteiger partial charge in [-0.3, -0.25) is 0 Å². The first-order valence-electron chi connectivity index (χ1n) is 7.09. The highest BCUT2D eigenvalue weighted by molar-refractivity contribution is 5.92. The first kappa shape index (κ1) is 15.8. The summed E-state index contributed by atoms with van der Waals surface area (Å²) in [4.78, 5) is 14.7. The molecule has 0 atom stereocenters. The average Bonchev–Trinajstić information content (AvgIpc) is 2.49. The summed E-state index contributed by atoms with van der Waals surface area (Å²) in [6.45, 7) is 4.55. The van der Waals surface area contributed by atoms with Crippen molar-refractivity contribution < 1.29 is 0 Å². The van der Waals surface area contributed by atoms with E-state index in [0.29, 0.717) is 18.5 Å². The normalized spacial score (nSPS) is 11.4. The molecule has 1 aromatic heterocycles. The molecule has 116 valence electrons. The number of aliphatic imine (C=N–C) groups is 1. The summed E-state index contributed by atoms with van der Waals surface area (Å²) in [6.07, 6.45) is 1.72. The van der Waals surface area contributed by atoms with Gasteiger partial charge in [-0.05, 0) is 43.2 Å². The third kappa shape index (κ3) is 4.18. The topological polar surface area (TPSA) is 79.4 Å². The summed E-state index contributed by atoms with van der Waals surface area (Å²) >= 11 is 0. The van der Waals surface area contributed by atoms with E-state index in [4.69, 9.17) is 5.73 Å². The molecule has 0 saturated heterocycles. The quantitative estimate of drug-likeness (QED) is 0.667. The van der Waals surface area contributed by atoms with Crippen LogP contribution in [-0.2, 0) is 6.54 Å². The molecule has 0 fully saturated rings. The molecular formula is C16H22N6. The maximum absolute atomic E-state index is 5.92. The zero-order valence-corrected chi connectivity index (χ0v) is 13.5. The molecule has 0 bridgehead atoms. The second-order valence-corrected chi connectivity index (χ2v) is 5.37. The Hall–Kier alpha value is -2.63. The molecule has 0 radical (unpaired) electrons. The highest BCUT2D eigenvalue weighted by Crippen LogP contribution is 2.13. The monoisotopic (exact) mass is 298 g/mol. The van der Waals surface area contributed by atoms with Crippen LogP contribution >= 0.6 is 0 Å². The third-order valence-corrected chi connectivity index (χ3v) is 3.29. The summed E-state index contributed by atoms with van der Waals surface area (Å²) in [5.41, 5.74) is 10.1. The molecule has 0 amide bonds. The van der Waals surface area contributed by atoms with Crippen molar-refractivity contribution in [1.82, 2.24) is 9.97 Å². The first-order chi connectivity index (χ1) is 10.5. The van der Waals surface area contributed by atoms with E-state index in [1.54, 1.807) is 6.20 Å². The van der Waals surface area contributed by atoms with Crippen LogP contribution in [0.3, 0.4) is 0 Å². The molecule has 3 N–H and O–H groups in total. The average molecular weight is 298 g/mol. The lowest BCUT2D eigenvalue weighted by molar-refractivity contribution is 0.921. The number of anilines is 2. The Morgan fingerprint density at radius 1 is 1.23 bits per heavy atom. The number of aromatic nitrogens is 2. The van der Waals surface area contributed by atoms with Gasteiger partial charge in [0.2, 0.25) is 5.95 Å². The molecule has 0 aliphatic rings. The van der Waals surface area contributed by atoms with Gasteiger partial charge < -0.3 is 16.0 Å². The fraction of sp³-hybridized carbons (Fsp3) is 0.312. The Labute approximate surface area is 131 Å². The molecule has 0 saturated carbocycles. The lowest BCUT2D eigenvalue weighted by Gasteiger charge is -2.10. The smallest absolute Gasteiger partial charge is 0.225 e. The Balaban J connectivity index is 2.03. The lowest BCUT2D eigenvalue weighted by atomic mass is 10.1. The second-order valence-electron chi connectivity index (χ2n) is 5.37. The van der Waals surface area contributed by atoms with Gasteiger partial charge in [-0.15, -0.1) is 0 Å². The van der Waals surface area contributed by atoms with Crippen LogP contribution < -0.4 is 16.0 Å². The maximum Gasteiger partial charge on any atom is 0.225 e. The van der Waals surface area contributed by atoms with Gasteiger partial charge in [0.25, 0.3) is 0 Å². The number of nitrogens with one attached hydrogen (secondary N) is 1. The zero-order valence-electron chi connectivity index (χ0n) is 13.5. The van der Waals surface area contributed by atoms with Crippen molar-refractivity contribution in [2.45, 2.75) is 20.4 Å². The fourth-order valence-corrected chi connectivity index (χ4v) is 1.86. The van der Waals surface area contributed by atoms with E-state index in [2.05, 4.69) is 40.2 Å². The Morgan fingerprint density at radius 3 is 2.68 bits per heavy atom. The highest BCUT2D eigenvalue weighted by atomic mass is 15.2. The van der Waals surface area contributed by atoms with Gasteiger partial charge >= 0.3 is 0 Å². The van der Waals surface area contributed by atoms with Crippen LogP contribution in [0.1, 0.15) is 16.8 Å². The van der Waals surface area contributed by atoms with E-state index in [9.17, 15) is 0 Å². The summed E-state index contributed by atoms with van der Waals surface area (Å²) in [5.74, 6) is 1.03. The lowest BCUT2D eigenvalue weighted by Crippen LogP contribution is -2.22. The van der Waals surface area contributed by atoms with Crippen LogP contribution in [0.15, 0.2) is 35.5 Å². The second kappa shape index (κ2) is 6.89. The molecule has 2 aromatic rings. The maximum atomic E-state index is 5.92. The molecule has 2 rings (SSSR count). The molecule has 0 aliphatic carbocycles. The zero-order chi connectivity index (χ0) is 16.1. The van der Waals surface area contributed by atoms with E-state index < -0.39 is 0 Å². The Morgan fingerprint density at radius 2 is 2.00 bits per heavy atom. The molecule has 1 aromatic carbocycles. The number of benzene rings is 1. The molecule has 6 heteroatoms. The van der Waals surface area contributed by atoms with Gasteiger partial charge in [0, 0.05) is 26.0 Å². The largest absolute Gasteiger partial charge is 0.370 e. The van der Waals surface area contributed by atoms with Crippen LogP contribution in [0, 0.1) is 13.8 Å². The first-order valence-corrected chi connectivity index (χ1v) is 7.09. The molecule has 0 unspecified atom stereocenters. The van der Waals surface area contributed by atoms with Crippen LogP contribution in [0.25, 0.3) is 0 Å². The fourth-order valence-electron chi connectivity index (χ4n) is 1.86. The minimum atomic E-state index is 0.369. The predicted molar refractivity (Wildman–Crippen MR) is 91.2 cm³/mol. The van der Waals surface area contributed by atoms with Crippen LogP contribution in [0.5, 0.6) is 0 Å². The van der Waals surface area contributed by atoms with Gasteiger partial charge in [-0.25, -0.2) is 15.0 Å². The minimum Gasteiger partial charge on any atom is -0.370 e. The number of hydrogen-bond donors (Lipinski definition) is 2. The minimum absolute atomic E-state index is 0.369. The molecule has 0 aliphatic heterocycles. The van der Waals surface area contributed by atoms with Crippen LogP contribution in [0.2, 0.25) is 0 Å². The highest BCUT2D eigenvalue weighted by Gasteiger charge is 2.02. The van der Waals surface area contributed by atoms with Gasteiger partial charge in [0.1, 0.15) is 0 Å². The van der Waals surface area contributed by atoms with E-state index in [1.165, 1.54) is 11.1 Å².